The van der Waals surface area contributed by atoms with Crippen LogP contribution in [-0.4, -0.2) is 38.9 Å². The largest absolute Gasteiger partial charge is 0.375 e. The van der Waals surface area contributed by atoms with Gasteiger partial charge in [0, 0.05) is 49.7 Å². The molecular weight excluding hydrogens is 447 g/mol. The van der Waals surface area contributed by atoms with Crippen LogP contribution in [0.3, 0.4) is 0 Å². The molecule has 0 aliphatic heterocycles. The fraction of sp³-hybridized carbons (Fsp3) is 0.160. The van der Waals surface area contributed by atoms with Crippen molar-refractivity contribution in [3.63, 3.8) is 0 Å². The molecule has 178 valence electrons. The van der Waals surface area contributed by atoms with Crippen molar-refractivity contribution in [3.8, 4) is 0 Å². The monoisotopic (exact) mass is 472 g/mol. The Morgan fingerprint density at radius 2 is 2.00 bits per heavy atom. The lowest BCUT2D eigenvalue weighted by Gasteiger charge is -2.18. The number of aryl methyl sites for hydroxylation is 2. The fourth-order valence-electron chi connectivity index (χ4n) is 3.56. The molecule has 4 aromatic rings. The lowest BCUT2D eigenvalue weighted by atomic mass is 9.99. The van der Waals surface area contributed by atoms with Crippen LogP contribution < -0.4 is 16.0 Å². The maximum absolute atomic E-state index is 14.3. The van der Waals surface area contributed by atoms with Gasteiger partial charge in [0.05, 0.1) is 17.8 Å². The molecule has 0 aliphatic carbocycles. The number of amides is 1. The molecule has 0 aliphatic rings. The standard InChI is InChI=1S/C25H25FN8O/c1-15-4-5-16(10-19(15)26)24(18-13-30-34(3)14-18)33-25(35)20-7-6-17-12-29-23(11-21(17)31-20)32-22(28-2)8-9-27/h4-14,24,27-28H,1-3H3,(H,29,32)(H,33,35)/b22-8+,27-9?/t24-/m0/s1. The normalized spacial score (nSPS) is 12.3. The van der Waals surface area contributed by atoms with Gasteiger partial charge < -0.3 is 21.4 Å². The minimum absolute atomic E-state index is 0.208. The van der Waals surface area contributed by atoms with Crippen LogP contribution in [0.25, 0.3) is 10.9 Å². The molecule has 0 saturated carbocycles. The number of allylic oxidation sites excluding steroid dienone is 1. The number of fused-ring (bicyclic) bond motifs is 1. The van der Waals surface area contributed by atoms with E-state index in [1.54, 1.807) is 80.7 Å². The van der Waals surface area contributed by atoms with Crippen molar-refractivity contribution < 1.29 is 9.18 Å². The van der Waals surface area contributed by atoms with Gasteiger partial charge in [-0.3, -0.25) is 9.48 Å². The minimum atomic E-state index is -0.608. The van der Waals surface area contributed by atoms with Crippen LogP contribution in [0.15, 0.2) is 66.9 Å². The molecule has 10 heteroatoms. The van der Waals surface area contributed by atoms with Crippen LogP contribution in [0.1, 0.15) is 33.2 Å². The van der Waals surface area contributed by atoms with E-state index in [4.69, 9.17) is 5.41 Å². The number of hydrogen-bond donors (Lipinski definition) is 4. The van der Waals surface area contributed by atoms with Crippen molar-refractivity contribution in [2.24, 2.45) is 7.05 Å². The molecule has 0 spiro atoms. The van der Waals surface area contributed by atoms with E-state index < -0.39 is 11.9 Å². The first-order chi connectivity index (χ1) is 16.9. The van der Waals surface area contributed by atoms with Crippen molar-refractivity contribution in [3.05, 3.63) is 95.1 Å². The van der Waals surface area contributed by atoms with Gasteiger partial charge in [-0.2, -0.15) is 5.10 Å². The van der Waals surface area contributed by atoms with Crippen molar-refractivity contribution in [1.82, 2.24) is 30.4 Å². The summed E-state index contributed by atoms with van der Waals surface area (Å²) in [5.74, 6) is 0.339. The molecule has 0 bridgehead atoms. The zero-order valence-electron chi connectivity index (χ0n) is 19.5. The summed E-state index contributed by atoms with van der Waals surface area (Å²) in [5.41, 5.74) is 2.62. The van der Waals surface area contributed by atoms with Gasteiger partial charge in [-0.15, -0.1) is 0 Å². The average molecular weight is 473 g/mol. The highest BCUT2D eigenvalue weighted by atomic mass is 19.1. The van der Waals surface area contributed by atoms with Crippen LogP contribution in [-0.2, 0) is 7.05 Å². The molecule has 35 heavy (non-hydrogen) atoms. The van der Waals surface area contributed by atoms with E-state index in [-0.39, 0.29) is 11.5 Å². The number of carbonyl (C=O) groups excluding carboxylic acids is 1. The second-order valence-corrected chi connectivity index (χ2v) is 7.94. The summed E-state index contributed by atoms with van der Waals surface area (Å²) in [4.78, 5) is 22.1. The van der Waals surface area contributed by atoms with E-state index in [1.807, 2.05) is 0 Å². The number of aromatic nitrogens is 4. The summed E-state index contributed by atoms with van der Waals surface area (Å²) < 4.78 is 15.9. The van der Waals surface area contributed by atoms with Gasteiger partial charge in [-0.25, -0.2) is 14.4 Å². The van der Waals surface area contributed by atoms with E-state index >= 15 is 0 Å². The van der Waals surface area contributed by atoms with E-state index in [1.165, 1.54) is 6.07 Å². The average Bonchev–Trinajstić information content (AvgIpc) is 3.29. The fourth-order valence-corrected chi connectivity index (χ4v) is 3.56. The highest BCUT2D eigenvalue weighted by molar-refractivity contribution is 5.95. The molecular formula is C25H25FN8O. The summed E-state index contributed by atoms with van der Waals surface area (Å²) >= 11 is 0. The molecule has 1 aromatic carbocycles. The van der Waals surface area contributed by atoms with Gasteiger partial charge in [0.2, 0.25) is 0 Å². The first kappa shape index (κ1) is 23.6. The van der Waals surface area contributed by atoms with Crippen LogP contribution >= 0.6 is 0 Å². The number of rotatable bonds is 8. The van der Waals surface area contributed by atoms with Gasteiger partial charge in [0.25, 0.3) is 5.91 Å². The van der Waals surface area contributed by atoms with Crippen molar-refractivity contribution in [2.75, 3.05) is 12.4 Å². The number of anilines is 1. The predicted octanol–water partition coefficient (Wildman–Crippen LogP) is 3.45. The first-order valence-corrected chi connectivity index (χ1v) is 10.9. The lowest BCUT2D eigenvalue weighted by molar-refractivity contribution is 0.0938. The topological polar surface area (TPSA) is 121 Å². The number of hydrogen-bond acceptors (Lipinski definition) is 7. The first-order valence-electron chi connectivity index (χ1n) is 10.9. The number of carbonyl (C=O) groups is 1. The van der Waals surface area contributed by atoms with Crippen LogP contribution in [0, 0.1) is 18.2 Å². The van der Waals surface area contributed by atoms with E-state index in [0.29, 0.717) is 28.3 Å². The van der Waals surface area contributed by atoms with Crippen molar-refractivity contribution in [1.29, 1.82) is 5.41 Å². The maximum Gasteiger partial charge on any atom is 0.270 e. The van der Waals surface area contributed by atoms with Gasteiger partial charge >= 0.3 is 0 Å². The third-order valence-electron chi connectivity index (χ3n) is 5.45. The van der Waals surface area contributed by atoms with E-state index in [2.05, 4.69) is 31.0 Å². The molecule has 0 fully saturated rings. The van der Waals surface area contributed by atoms with Gasteiger partial charge in [0.1, 0.15) is 23.1 Å². The maximum atomic E-state index is 14.3. The Balaban J connectivity index is 1.64. The Labute approximate surface area is 201 Å². The lowest BCUT2D eigenvalue weighted by Crippen LogP contribution is -2.30. The zero-order valence-corrected chi connectivity index (χ0v) is 19.5. The van der Waals surface area contributed by atoms with Crippen LogP contribution in [0.4, 0.5) is 10.2 Å². The van der Waals surface area contributed by atoms with Gasteiger partial charge in [-0.1, -0.05) is 12.1 Å². The summed E-state index contributed by atoms with van der Waals surface area (Å²) in [6, 6.07) is 9.39. The third-order valence-corrected chi connectivity index (χ3v) is 5.45. The minimum Gasteiger partial charge on any atom is -0.375 e. The Hall–Kier alpha value is -4.60. The molecule has 9 nitrogen and oxygen atoms in total. The number of benzene rings is 1. The van der Waals surface area contributed by atoms with Crippen LogP contribution in [0.2, 0.25) is 0 Å². The number of nitrogens with zero attached hydrogens (tertiary/aromatic N) is 4. The summed E-state index contributed by atoms with van der Waals surface area (Å²) in [5, 5.41) is 21.1. The highest BCUT2D eigenvalue weighted by Crippen LogP contribution is 2.24. The number of pyridine rings is 2. The molecule has 4 rings (SSSR count). The SMILES string of the molecule is CN/C(=C\C=N)Nc1cc2nc(C(=O)N[C@@H](c3ccc(C)c(F)c3)c3cnn(C)c3)ccc2cn1. The third kappa shape index (κ3) is 5.32. The highest BCUT2D eigenvalue weighted by Gasteiger charge is 2.21. The van der Waals surface area contributed by atoms with Gasteiger partial charge in [-0.05, 0) is 42.3 Å². The molecule has 1 atom stereocenters. The van der Waals surface area contributed by atoms with Crippen molar-refractivity contribution in [2.45, 2.75) is 13.0 Å². The quantitative estimate of drug-likeness (QED) is 0.292. The Morgan fingerprint density at radius 1 is 1.17 bits per heavy atom. The number of halogens is 1. The zero-order chi connectivity index (χ0) is 24.9. The smallest absolute Gasteiger partial charge is 0.270 e. The number of nitrogens with one attached hydrogen (secondary N) is 4. The summed E-state index contributed by atoms with van der Waals surface area (Å²) in [6.45, 7) is 1.69. The Kier molecular flexibility index (Phi) is 6.81. The predicted molar refractivity (Wildman–Crippen MR) is 133 cm³/mol. The molecule has 0 saturated heterocycles. The van der Waals surface area contributed by atoms with E-state index in [0.717, 1.165) is 17.2 Å². The molecule has 3 aromatic heterocycles. The Bertz CT molecular complexity index is 1430. The molecule has 0 radical (unpaired) electrons. The molecule has 4 N–H and O–H groups in total. The molecule has 1 amide bonds. The van der Waals surface area contributed by atoms with E-state index in [9.17, 15) is 9.18 Å². The second kappa shape index (κ2) is 10.1. The summed E-state index contributed by atoms with van der Waals surface area (Å²) in [7, 11) is 3.50. The molecule has 0 unspecified atom stereocenters. The van der Waals surface area contributed by atoms with Crippen LogP contribution in [0.5, 0.6) is 0 Å². The van der Waals surface area contributed by atoms with Crippen molar-refractivity contribution >= 4 is 28.8 Å². The molecule has 3 heterocycles. The van der Waals surface area contributed by atoms with Gasteiger partial charge in [0.15, 0.2) is 0 Å². The Morgan fingerprint density at radius 3 is 2.69 bits per heavy atom. The summed E-state index contributed by atoms with van der Waals surface area (Å²) in [6.07, 6.45) is 7.77. The second-order valence-electron chi connectivity index (χ2n) is 7.94.